The molecule has 1 aromatic carbocycles. The molecule has 2 aromatic rings. The Kier molecular flexibility index (Phi) is 5.36. The summed E-state index contributed by atoms with van der Waals surface area (Å²) in [6.07, 6.45) is 1.91. The minimum absolute atomic E-state index is 0.140. The normalized spacial score (nSPS) is 19.8. The maximum absolute atomic E-state index is 13.5. The van der Waals surface area contributed by atoms with Crippen molar-refractivity contribution in [3.8, 4) is 0 Å². The van der Waals surface area contributed by atoms with E-state index in [-0.39, 0.29) is 18.1 Å². The molecule has 152 valence electrons. The molecule has 29 heavy (non-hydrogen) atoms. The van der Waals surface area contributed by atoms with Gasteiger partial charge in [-0.1, -0.05) is 11.6 Å². The first kappa shape index (κ1) is 19.6. The summed E-state index contributed by atoms with van der Waals surface area (Å²) in [6, 6.07) is 6.55. The second-order valence-corrected chi connectivity index (χ2v) is 7.54. The Hall–Kier alpha value is -2.74. The molecule has 2 aliphatic rings. The van der Waals surface area contributed by atoms with Crippen LogP contribution < -0.4 is 9.80 Å². The first-order chi connectivity index (χ1) is 13.9. The number of carbonyl (C=O) groups excluding carboxylic acids is 2. The van der Waals surface area contributed by atoms with Gasteiger partial charge in [-0.25, -0.2) is 13.8 Å². The van der Waals surface area contributed by atoms with Crippen LogP contribution in [0, 0.1) is 17.6 Å². The van der Waals surface area contributed by atoms with Gasteiger partial charge in [-0.05, 0) is 30.7 Å². The number of amides is 2. The molecule has 0 aliphatic carbocycles. The van der Waals surface area contributed by atoms with Crippen LogP contribution in [0.4, 0.5) is 20.3 Å². The topological polar surface area (TPSA) is 56.8 Å². The van der Waals surface area contributed by atoms with Gasteiger partial charge in [0.2, 0.25) is 11.8 Å². The Balaban J connectivity index is 1.39. The summed E-state index contributed by atoms with van der Waals surface area (Å²) in [7, 11) is 0. The monoisotopic (exact) mass is 420 g/mol. The van der Waals surface area contributed by atoms with Gasteiger partial charge in [-0.3, -0.25) is 9.59 Å². The second kappa shape index (κ2) is 7.94. The van der Waals surface area contributed by atoms with E-state index in [4.69, 9.17) is 11.6 Å². The average molecular weight is 421 g/mol. The fourth-order valence-electron chi connectivity index (χ4n) is 3.79. The molecule has 6 nitrogen and oxygen atoms in total. The van der Waals surface area contributed by atoms with Crippen LogP contribution in [0.15, 0.2) is 36.5 Å². The maximum Gasteiger partial charge on any atom is 0.239 e. The molecule has 0 spiro atoms. The Bertz CT molecular complexity index is 912. The average Bonchev–Trinajstić information content (AvgIpc) is 3.09. The molecular weight excluding hydrogens is 402 g/mol. The van der Waals surface area contributed by atoms with Crippen molar-refractivity contribution in [2.24, 2.45) is 5.92 Å². The number of halogens is 3. The molecule has 0 radical (unpaired) electrons. The summed E-state index contributed by atoms with van der Waals surface area (Å²) in [6.45, 7) is 2.40. The maximum atomic E-state index is 13.5. The quantitative estimate of drug-likeness (QED) is 0.716. The number of piperazine rings is 1. The Labute approximate surface area is 171 Å². The van der Waals surface area contributed by atoms with E-state index in [1.165, 1.54) is 4.90 Å². The van der Waals surface area contributed by atoms with Crippen molar-refractivity contribution in [2.45, 2.75) is 6.42 Å². The van der Waals surface area contributed by atoms with Gasteiger partial charge in [-0.15, -0.1) is 0 Å². The molecule has 4 rings (SSSR count). The molecule has 2 saturated heterocycles. The van der Waals surface area contributed by atoms with Crippen LogP contribution in [0.2, 0.25) is 5.02 Å². The van der Waals surface area contributed by atoms with E-state index < -0.39 is 23.5 Å². The molecule has 0 N–H and O–H groups in total. The van der Waals surface area contributed by atoms with E-state index in [1.54, 1.807) is 17.2 Å². The highest BCUT2D eigenvalue weighted by Gasteiger charge is 2.40. The minimum Gasteiger partial charge on any atom is -0.353 e. The van der Waals surface area contributed by atoms with Crippen molar-refractivity contribution >= 4 is 34.9 Å². The van der Waals surface area contributed by atoms with Gasteiger partial charge >= 0.3 is 0 Å². The molecule has 1 atom stereocenters. The highest BCUT2D eigenvalue weighted by Crippen LogP contribution is 2.28. The lowest BCUT2D eigenvalue weighted by Crippen LogP contribution is -2.51. The van der Waals surface area contributed by atoms with Crippen molar-refractivity contribution in [1.82, 2.24) is 9.88 Å². The zero-order valence-electron chi connectivity index (χ0n) is 15.5. The molecule has 0 bridgehead atoms. The van der Waals surface area contributed by atoms with Gasteiger partial charge in [-0.2, -0.15) is 0 Å². The molecule has 0 saturated carbocycles. The summed E-state index contributed by atoms with van der Waals surface area (Å²) in [5.74, 6) is -2.19. The number of pyridine rings is 1. The van der Waals surface area contributed by atoms with E-state index in [0.717, 1.165) is 24.0 Å². The second-order valence-electron chi connectivity index (χ2n) is 7.11. The Morgan fingerprint density at radius 1 is 1.03 bits per heavy atom. The molecule has 9 heteroatoms. The SMILES string of the molecule is O=C(C1CCN(c2cc(F)cc(F)c2)C1=O)N1CCN(c2ccc(Cl)cn2)CC1. The molecule has 2 aliphatic heterocycles. The predicted octanol–water partition coefficient (Wildman–Crippen LogP) is 2.71. The molecular formula is C20H19ClF2N4O2. The standard InChI is InChI=1S/C20H19ClF2N4O2/c21-13-1-2-18(24-12-13)25-5-7-26(8-6-25)19(28)17-3-4-27(20(17)29)16-10-14(22)9-15(23)11-16/h1-2,9-12,17H,3-8H2. The van der Waals surface area contributed by atoms with Crippen LogP contribution in [-0.4, -0.2) is 54.4 Å². The number of aromatic nitrogens is 1. The lowest BCUT2D eigenvalue weighted by Gasteiger charge is -2.36. The third-order valence-electron chi connectivity index (χ3n) is 5.29. The molecule has 2 amide bonds. The van der Waals surface area contributed by atoms with Crippen LogP contribution in [0.5, 0.6) is 0 Å². The number of hydrogen-bond acceptors (Lipinski definition) is 4. The first-order valence-corrected chi connectivity index (χ1v) is 9.73. The molecule has 1 unspecified atom stereocenters. The van der Waals surface area contributed by atoms with Crippen LogP contribution >= 0.6 is 11.6 Å². The molecule has 2 fully saturated rings. The number of rotatable bonds is 3. The van der Waals surface area contributed by atoms with Crippen molar-refractivity contribution in [2.75, 3.05) is 42.5 Å². The van der Waals surface area contributed by atoms with Crippen LogP contribution in [0.3, 0.4) is 0 Å². The number of benzene rings is 1. The predicted molar refractivity (Wildman–Crippen MR) is 105 cm³/mol. The van der Waals surface area contributed by atoms with Crippen LogP contribution in [0.25, 0.3) is 0 Å². The minimum atomic E-state index is -0.818. The lowest BCUT2D eigenvalue weighted by atomic mass is 10.1. The Morgan fingerprint density at radius 3 is 2.34 bits per heavy atom. The van der Waals surface area contributed by atoms with Crippen molar-refractivity contribution in [3.63, 3.8) is 0 Å². The van der Waals surface area contributed by atoms with Gasteiger partial charge in [0.05, 0.1) is 5.02 Å². The number of anilines is 2. The van der Waals surface area contributed by atoms with E-state index >= 15 is 0 Å². The summed E-state index contributed by atoms with van der Waals surface area (Å²) < 4.78 is 27.0. The van der Waals surface area contributed by atoms with Gasteiger partial charge < -0.3 is 14.7 Å². The zero-order chi connectivity index (χ0) is 20.5. The van der Waals surface area contributed by atoms with Gasteiger partial charge in [0, 0.05) is 50.7 Å². The third-order valence-corrected chi connectivity index (χ3v) is 5.51. The van der Waals surface area contributed by atoms with Crippen molar-refractivity contribution < 1.29 is 18.4 Å². The largest absolute Gasteiger partial charge is 0.353 e. The smallest absolute Gasteiger partial charge is 0.239 e. The summed E-state index contributed by atoms with van der Waals surface area (Å²) in [5.41, 5.74) is 0.140. The first-order valence-electron chi connectivity index (χ1n) is 9.35. The fraction of sp³-hybridized carbons (Fsp3) is 0.350. The highest BCUT2D eigenvalue weighted by atomic mass is 35.5. The summed E-state index contributed by atoms with van der Waals surface area (Å²) >= 11 is 5.86. The van der Waals surface area contributed by atoms with Crippen molar-refractivity contribution in [3.05, 3.63) is 53.2 Å². The van der Waals surface area contributed by atoms with Gasteiger partial charge in [0.15, 0.2) is 0 Å². The van der Waals surface area contributed by atoms with E-state index in [9.17, 15) is 18.4 Å². The highest BCUT2D eigenvalue weighted by molar-refractivity contribution is 6.30. The molecule has 3 heterocycles. The Morgan fingerprint density at radius 2 is 1.72 bits per heavy atom. The van der Waals surface area contributed by atoms with Crippen LogP contribution in [-0.2, 0) is 9.59 Å². The number of hydrogen-bond donors (Lipinski definition) is 0. The van der Waals surface area contributed by atoms with E-state index in [0.29, 0.717) is 37.6 Å². The van der Waals surface area contributed by atoms with E-state index in [1.807, 2.05) is 6.07 Å². The lowest BCUT2D eigenvalue weighted by molar-refractivity contribution is -0.140. The van der Waals surface area contributed by atoms with Crippen LogP contribution in [0.1, 0.15) is 6.42 Å². The molecule has 1 aromatic heterocycles. The number of nitrogens with zero attached hydrogens (tertiary/aromatic N) is 4. The summed E-state index contributed by atoms with van der Waals surface area (Å²) in [4.78, 5) is 34.9. The fourth-order valence-corrected chi connectivity index (χ4v) is 3.90. The van der Waals surface area contributed by atoms with E-state index in [2.05, 4.69) is 9.88 Å². The third kappa shape index (κ3) is 4.03. The zero-order valence-corrected chi connectivity index (χ0v) is 16.3. The van der Waals surface area contributed by atoms with Gasteiger partial charge in [0.1, 0.15) is 23.4 Å². The van der Waals surface area contributed by atoms with Gasteiger partial charge in [0.25, 0.3) is 0 Å². The number of carbonyl (C=O) groups is 2. The van der Waals surface area contributed by atoms with Crippen molar-refractivity contribution in [1.29, 1.82) is 0 Å². The summed E-state index contributed by atoms with van der Waals surface area (Å²) in [5, 5.41) is 0.560.